The maximum absolute atomic E-state index is 12.2. The molecule has 35 heavy (non-hydrogen) atoms. The zero-order valence-corrected chi connectivity index (χ0v) is 19.4. The lowest BCUT2D eigenvalue weighted by atomic mass is 10.1. The van der Waals surface area contributed by atoms with Gasteiger partial charge in [0.1, 0.15) is 11.4 Å². The summed E-state index contributed by atoms with van der Waals surface area (Å²) in [5, 5.41) is 11.3. The number of hydrogen-bond donors (Lipinski definition) is 2. The number of nitrogens with zero attached hydrogens (tertiary/aromatic N) is 3. The Balaban J connectivity index is 1.51. The zero-order valence-electron chi connectivity index (χ0n) is 19.4. The van der Waals surface area contributed by atoms with Crippen LogP contribution in [0.2, 0.25) is 0 Å². The number of hydrazone groups is 1. The van der Waals surface area contributed by atoms with E-state index >= 15 is 0 Å². The quantitative estimate of drug-likeness (QED) is 0.242. The molecule has 4 aromatic rings. The van der Waals surface area contributed by atoms with Crippen molar-refractivity contribution in [1.29, 1.82) is 0 Å². The zero-order chi connectivity index (χ0) is 24.6. The Kier molecular flexibility index (Phi) is 7.32. The number of methoxy groups -OCH3 is 1. The van der Waals surface area contributed by atoms with Crippen LogP contribution in [0.4, 0.5) is 5.69 Å². The van der Waals surface area contributed by atoms with E-state index < -0.39 is 11.8 Å². The van der Waals surface area contributed by atoms with Crippen LogP contribution in [0.3, 0.4) is 0 Å². The van der Waals surface area contributed by atoms with E-state index in [9.17, 15) is 9.59 Å². The summed E-state index contributed by atoms with van der Waals surface area (Å²) >= 11 is 0. The van der Waals surface area contributed by atoms with Gasteiger partial charge in [0.25, 0.3) is 0 Å². The van der Waals surface area contributed by atoms with Gasteiger partial charge in [0.05, 0.1) is 19.0 Å². The van der Waals surface area contributed by atoms with Crippen LogP contribution in [-0.4, -0.2) is 34.9 Å². The Bertz CT molecular complexity index is 1330. The molecule has 8 nitrogen and oxygen atoms in total. The lowest BCUT2D eigenvalue weighted by molar-refractivity contribution is -0.136. The average molecular weight is 468 g/mol. The van der Waals surface area contributed by atoms with E-state index in [4.69, 9.17) is 9.84 Å². The van der Waals surface area contributed by atoms with Gasteiger partial charge in [-0.2, -0.15) is 10.2 Å². The molecule has 2 N–H and O–H groups in total. The van der Waals surface area contributed by atoms with Gasteiger partial charge in [-0.05, 0) is 60.5 Å². The first-order valence-corrected chi connectivity index (χ1v) is 11.1. The summed E-state index contributed by atoms with van der Waals surface area (Å²) in [4.78, 5) is 24.5. The molecule has 0 aliphatic rings. The normalized spacial score (nSPS) is 10.8. The fourth-order valence-electron chi connectivity index (χ4n) is 3.39. The fraction of sp³-hybridized carbons (Fsp3) is 0.111. The minimum Gasteiger partial charge on any atom is -0.497 e. The molecule has 4 rings (SSSR count). The lowest BCUT2D eigenvalue weighted by Gasteiger charge is -2.05. The van der Waals surface area contributed by atoms with Gasteiger partial charge >= 0.3 is 11.8 Å². The number of carbonyl (C=O) groups is 2. The number of ether oxygens (including phenoxy) is 1. The van der Waals surface area contributed by atoms with E-state index in [-0.39, 0.29) is 0 Å². The predicted octanol–water partition coefficient (Wildman–Crippen LogP) is 4.20. The van der Waals surface area contributed by atoms with Gasteiger partial charge in [-0.15, -0.1) is 0 Å². The average Bonchev–Trinajstić information content (AvgIpc) is 3.33. The highest BCUT2D eigenvalue weighted by Crippen LogP contribution is 2.25. The monoisotopic (exact) mass is 467 g/mol. The van der Waals surface area contributed by atoms with Crippen LogP contribution in [-0.2, 0) is 16.0 Å². The fourth-order valence-corrected chi connectivity index (χ4v) is 3.39. The van der Waals surface area contributed by atoms with Gasteiger partial charge in [0.2, 0.25) is 0 Å². The molecular weight excluding hydrogens is 442 g/mol. The topological polar surface area (TPSA) is 97.6 Å². The summed E-state index contributed by atoms with van der Waals surface area (Å²) in [6.45, 7) is 2.04. The molecule has 2 amide bonds. The Morgan fingerprint density at radius 3 is 2.34 bits per heavy atom. The van der Waals surface area contributed by atoms with Gasteiger partial charge in [0, 0.05) is 23.0 Å². The van der Waals surface area contributed by atoms with Crippen molar-refractivity contribution in [2.45, 2.75) is 13.3 Å². The van der Waals surface area contributed by atoms with E-state index in [0.29, 0.717) is 16.9 Å². The van der Waals surface area contributed by atoms with Crippen LogP contribution < -0.4 is 15.5 Å². The largest absolute Gasteiger partial charge is 0.497 e. The third-order valence-electron chi connectivity index (χ3n) is 5.32. The van der Waals surface area contributed by atoms with Crippen molar-refractivity contribution >= 4 is 23.7 Å². The molecule has 0 unspecified atom stereocenters. The first-order chi connectivity index (χ1) is 17.1. The van der Waals surface area contributed by atoms with Gasteiger partial charge in [-0.1, -0.05) is 37.3 Å². The van der Waals surface area contributed by atoms with Crippen molar-refractivity contribution in [3.8, 4) is 22.7 Å². The Morgan fingerprint density at radius 1 is 0.971 bits per heavy atom. The highest BCUT2D eigenvalue weighted by molar-refractivity contribution is 6.39. The first-order valence-electron chi connectivity index (χ1n) is 11.1. The molecule has 8 heteroatoms. The SMILES string of the molecule is CCc1ccc(NC(=O)C(=O)N/N=C/c2cn(-c3ccccc3)nc2-c2ccc(OC)cc2)cc1. The van der Waals surface area contributed by atoms with Crippen LogP contribution in [0.1, 0.15) is 18.1 Å². The second kappa shape index (κ2) is 10.9. The Morgan fingerprint density at radius 2 is 1.69 bits per heavy atom. The van der Waals surface area contributed by atoms with E-state index in [1.54, 1.807) is 30.1 Å². The molecule has 1 aromatic heterocycles. The van der Waals surface area contributed by atoms with Crippen molar-refractivity contribution in [2.24, 2.45) is 5.10 Å². The maximum Gasteiger partial charge on any atom is 0.329 e. The van der Waals surface area contributed by atoms with Crippen molar-refractivity contribution in [1.82, 2.24) is 15.2 Å². The summed E-state index contributed by atoms with van der Waals surface area (Å²) in [5.41, 5.74) is 7.01. The van der Waals surface area contributed by atoms with Crippen molar-refractivity contribution in [3.63, 3.8) is 0 Å². The number of amides is 2. The number of hydrogen-bond acceptors (Lipinski definition) is 5. The molecular formula is C27H25N5O3. The van der Waals surface area contributed by atoms with Crippen molar-refractivity contribution in [2.75, 3.05) is 12.4 Å². The summed E-state index contributed by atoms with van der Waals surface area (Å²) in [5.74, 6) is -0.946. The van der Waals surface area contributed by atoms with Crippen molar-refractivity contribution in [3.05, 3.63) is 96.2 Å². The second-order valence-corrected chi connectivity index (χ2v) is 7.65. The smallest absolute Gasteiger partial charge is 0.329 e. The molecule has 0 bridgehead atoms. The molecule has 0 spiro atoms. The number of carbonyl (C=O) groups excluding carboxylic acids is 2. The summed E-state index contributed by atoms with van der Waals surface area (Å²) < 4.78 is 6.97. The van der Waals surface area contributed by atoms with E-state index in [0.717, 1.165) is 29.0 Å². The molecule has 3 aromatic carbocycles. The maximum atomic E-state index is 12.2. The number of aromatic nitrogens is 2. The van der Waals surface area contributed by atoms with Gasteiger partial charge in [-0.3, -0.25) is 9.59 Å². The van der Waals surface area contributed by atoms with Crippen LogP contribution in [0.25, 0.3) is 16.9 Å². The molecule has 176 valence electrons. The number of nitrogens with one attached hydrogen (secondary N) is 2. The first kappa shape index (κ1) is 23.4. The van der Waals surface area contributed by atoms with Crippen LogP contribution >= 0.6 is 0 Å². The van der Waals surface area contributed by atoms with E-state index in [1.165, 1.54) is 6.21 Å². The second-order valence-electron chi connectivity index (χ2n) is 7.65. The minimum absolute atomic E-state index is 0.539. The predicted molar refractivity (Wildman–Crippen MR) is 136 cm³/mol. The number of aryl methyl sites for hydroxylation is 1. The van der Waals surface area contributed by atoms with Crippen LogP contribution in [0, 0.1) is 0 Å². The molecule has 0 aliphatic heterocycles. The number of rotatable bonds is 7. The summed E-state index contributed by atoms with van der Waals surface area (Å²) in [7, 11) is 1.61. The molecule has 0 saturated heterocycles. The highest BCUT2D eigenvalue weighted by Gasteiger charge is 2.14. The third kappa shape index (κ3) is 5.80. The molecule has 0 saturated carbocycles. The van der Waals surface area contributed by atoms with Crippen LogP contribution in [0.15, 0.2) is 90.2 Å². The standard InChI is InChI=1S/C27H25N5O3/c1-3-19-9-13-22(14-10-19)29-26(33)27(34)30-28-17-21-18-32(23-7-5-4-6-8-23)31-25(21)20-11-15-24(35-2)16-12-20/h4-18H,3H2,1-2H3,(H,29,33)(H,30,34)/b28-17+. The molecule has 0 radical (unpaired) electrons. The van der Waals surface area contributed by atoms with Crippen molar-refractivity contribution < 1.29 is 14.3 Å². The van der Waals surface area contributed by atoms with Gasteiger partial charge in [-0.25, -0.2) is 10.1 Å². The van der Waals surface area contributed by atoms with Gasteiger partial charge in [0.15, 0.2) is 0 Å². The summed E-state index contributed by atoms with van der Waals surface area (Å²) in [6.07, 6.45) is 4.16. The number of benzene rings is 3. The molecule has 0 aliphatic carbocycles. The highest BCUT2D eigenvalue weighted by atomic mass is 16.5. The number of para-hydroxylation sites is 1. The molecule has 0 atom stereocenters. The Labute approximate surface area is 203 Å². The van der Waals surface area contributed by atoms with Gasteiger partial charge < -0.3 is 10.1 Å². The Hall–Kier alpha value is -4.72. The van der Waals surface area contributed by atoms with E-state index in [1.807, 2.05) is 73.7 Å². The van der Waals surface area contributed by atoms with Crippen LogP contribution in [0.5, 0.6) is 5.75 Å². The lowest BCUT2D eigenvalue weighted by Crippen LogP contribution is -2.32. The summed E-state index contributed by atoms with van der Waals surface area (Å²) in [6, 6.07) is 24.4. The molecule has 1 heterocycles. The third-order valence-corrected chi connectivity index (χ3v) is 5.32. The van der Waals surface area contributed by atoms with E-state index in [2.05, 4.69) is 15.8 Å². The minimum atomic E-state index is -0.873. The number of anilines is 1. The molecule has 0 fully saturated rings.